The summed E-state index contributed by atoms with van der Waals surface area (Å²) in [5.41, 5.74) is -0.315. The number of benzene rings is 1. The molecule has 0 aliphatic carbocycles. The lowest BCUT2D eigenvalue weighted by Crippen LogP contribution is -2.40. The van der Waals surface area contributed by atoms with Crippen LogP contribution >= 0.6 is 0 Å². The summed E-state index contributed by atoms with van der Waals surface area (Å²) in [6.45, 7) is 5.51. The van der Waals surface area contributed by atoms with E-state index in [1.165, 1.54) is 0 Å². The van der Waals surface area contributed by atoms with Gasteiger partial charge in [-0.1, -0.05) is 6.92 Å². The Morgan fingerprint density at radius 3 is 2.38 bits per heavy atom. The first-order valence-corrected chi connectivity index (χ1v) is 6.75. The van der Waals surface area contributed by atoms with E-state index in [4.69, 9.17) is 14.6 Å². The molecule has 1 aromatic rings. The molecule has 0 fully saturated rings. The van der Waals surface area contributed by atoms with Crippen LogP contribution in [0.25, 0.3) is 0 Å². The van der Waals surface area contributed by atoms with Gasteiger partial charge in [-0.3, -0.25) is 4.79 Å². The summed E-state index contributed by atoms with van der Waals surface area (Å²) in [6.07, 6.45) is 0.840. The second-order valence-electron chi connectivity index (χ2n) is 5.02. The molecule has 0 spiro atoms. The summed E-state index contributed by atoms with van der Waals surface area (Å²) in [4.78, 5) is 22.5. The topological polar surface area (TPSA) is 84.9 Å². The summed E-state index contributed by atoms with van der Waals surface area (Å²) < 4.78 is 10.5. The number of amides is 1. The van der Waals surface area contributed by atoms with Crippen molar-refractivity contribution in [3.05, 3.63) is 24.3 Å². The Labute approximate surface area is 124 Å². The van der Waals surface area contributed by atoms with Gasteiger partial charge in [0, 0.05) is 12.3 Å². The number of hydrogen-bond acceptors (Lipinski definition) is 4. The van der Waals surface area contributed by atoms with Gasteiger partial charge in [0.25, 0.3) is 5.91 Å². The molecule has 0 heterocycles. The van der Waals surface area contributed by atoms with Gasteiger partial charge in [-0.2, -0.15) is 0 Å². The lowest BCUT2D eigenvalue weighted by Gasteiger charge is -2.24. The Hall–Kier alpha value is -2.08. The fourth-order valence-electron chi connectivity index (χ4n) is 1.48. The molecule has 21 heavy (non-hydrogen) atoms. The summed E-state index contributed by atoms with van der Waals surface area (Å²) in [5, 5.41) is 11.3. The molecule has 0 saturated heterocycles. The number of rotatable bonds is 8. The summed E-state index contributed by atoms with van der Waals surface area (Å²) in [7, 11) is 0. The Morgan fingerprint density at radius 1 is 1.24 bits per heavy atom. The highest BCUT2D eigenvalue weighted by Gasteiger charge is 2.28. The van der Waals surface area contributed by atoms with Gasteiger partial charge in [-0.25, -0.2) is 4.79 Å². The van der Waals surface area contributed by atoms with E-state index in [-0.39, 0.29) is 5.91 Å². The molecule has 2 N–H and O–H groups in total. The van der Waals surface area contributed by atoms with Gasteiger partial charge >= 0.3 is 5.97 Å². The van der Waals surface area contributed by atoms with Crippen molar-refractivity contribution >= 4 is 17.6 Å². The van der Waals surface area contributed by atoms with Crippen molar-refractivity contribution in [2.75, 3.05) is 18.5 Å². The summed E-state index contributed by atoms with van der Waals surface area (Å²) in [5.74, 6) is -0.853. The number of hydrogen-bond donors (Lipinski definition) is 2. The standard InChI is InChI=1S/C15H21NO5/c1-4-9-21-15(2,3)14(19)16-11-5-7-12(8-6-11)20-10-13(17)18/h5-8H,4,9-10H2,1-3H3,(H,16,19)(H,17,18). The minimum Gasteiger partial charge on any atom is -0.482 e. The first-order chi connectivity index (χ1) is 9.85. The van der Waals surface area contributed by atoms with Gasteiger partial charge in [-0.15, -0.1) is 0 Å². The van der Waals surface area contributed by atoms with Crippen LogP contribution in [0.2, 0.25) is 0 Å². The lowest BCUT2D eigenvalue weighted by atomic mass is 10.1. The van der Waals surface area contributed by atoms with E-state index in [0.29, 0.717) is 18.0 Å². The molecule has 6 nitrogen and oxygen atoms in total. The second kappa shape index (κ2) is 7.64. The number of anilines is 1. The predicted octanol–water partition coefficient (Wildman–Crippen LogP) is 2.29. The van der Waals surface area contributed by atoms with Crippen LogP contribution in [0.15, 0.2) is 24.3 Å². The fraction of sp³-hybridized carbons (Fsp3) is 0.467. The van der Waals surface area contributed by atoms with Gasteiger partial charge in [0.1, 0.15) is 11.4 Å². The van der Waals surface area contributed by atoms with E-state index in [2.05, 4.69) is 5.32 Å². The van der Waals surface area contributed by atoms with Crippen LogP contribution in [0, 0.1) is 0 Å². The molecule has 1 rings (SSSR count). The highest BCUT2D eigenvalue weighted by molar-refractivity contribution is 5.96. The third kappa shape index (κ3) is 5.83. The highest BCUT2D eigenvalue weighted by Crippen LogP contribution is 2.18. The number of carbonyl (C=O) groups excluding carboxylic acids is 1. The number of ether oxygens (including phenoxy) is 2. The largest absolute Gasteiger partial charge is 0.482 e. The molecular formula is C15H21NO5. The number of nitrogens with one attached hydrogen (secondary N) is 1. The second-order valence-corrected chi connectivity index (χ2v) is 5.02. The van der Waals surface area contributed by atoms with Crippen LogP contribution in [0.4, 0.5) is 5.69 Å². The maximum Gasteiger partial charge on any atom is 0.341 e. The van der Waals surface area contributed by atoms with Gasteiger partial charge in [-0.05, 0) is 44.5 Å². The SMILES string of the molecule is CCCOC(C)(C)C(=O)Nc1ccc(OCC(=O)O)cc1. The van der Waals surface area contributed by atoms with E-state index in [0.717, 1.165) is 6.42 Å². The Balaban J connectivity index is 2.58. The third-order valence-corrected chi connectivity index (χ3v) is 2.69. The van der Waals surface area contributed by atoms with E-state index in [1.54, 1.807) is 38.1 Å². The number of aliphatic carboxylic acids is 1. The van der Waals surface area contributed by atoms with Gasteiger partial charge in [0.15, 0.2) is 6.61 Å². The van der Waals surface area contributed by atoms with Crippen molar-refractivity contribution in [3.8, 4) is 5.75 Å². The maximum atomic E-state index is 12.1. The Bertz CT molecular complexity index is 481. The molecule has 1 aromatic carbocycles. The van der Waals surface area contributed by atoms with Crippen molar-refractivity contribution in [3.63, 3.8) is 0 Å². The normalized spacial score (nSPS) is 11.0. The van der Waals surface area contributed by atoms with Gasteiger partial charge in [0.2, 0.25) is 0 Å². The highest BCUT2D eigenvalue weighted by atomic mass is 16.5. The van der Waals surface area contributed by atoms with Crippen LogP contribution in [0.1, 0.15) is 27.2 Å². The molecule has 0 radical (unpaired) electrons. The number of carbonyl (C=O) groups is 2. The molecule has 0 unspecified atom stereocenters. The number of carboxylic acids is 1. The number of carboxylic acid groups (broad SMARTS) is 1. The molecule has 0 aromatic heterocycles. The quantitative estimate of drug-likeness (QED) is 0.768. The fourth-order valence-corrected chi connectivity index (χ4v) is 1.48. The van der Waals surface area contributed by atoms with Crippen molar-refractivity contribution < 1.29 is 24.2 Å². The van der Waals surface area contributed by atoms with Crippen LogP contribution in [-0.4, -0.2) is 35.8 Å². The molecule has 0 aliphatic rings. The monoisotopic (exact) mass is 295 g/mol. The van der Waals surface area contributed by atoms with E-state index < -0.39 is 18.2 Å². The first-order valence-electron chi connectivity index (χ1n) is 6.75. The van der Waals surface area contributed by atoms with E-state index in [9.17, 15) is 9.59 Å². The molecular weight excluding hydrogens is 274 g/mol. The van der Waals surface area contributed by atoms with E-state index >= 15 is 0 Å². The van der Waals surface area contributed by atoms with Gasteiger partial charge in [0.05, 0.1) is 0 Å². The van der Waals surface area contributed by atoms with Crippen molar-refractivity contribution in [2.24, 2.45) is 0 Å². The van der Waals surface area contributed by atoms with Crippen molar-refractivity contribution in [1.29, 1.82) is 0 Å². The maximum absolute atomic E-state index is 12.1. The molecule has 1 amide bonds. The summed E-state index contributed by atoms with van der Waals surface area (Å²) in [6, 6.07) is 6.48. The van der Waals surface area contributed by atoms with Crippen LogP contribution in [-0.2, 0) is 14.3 Å². The first kappa shape index (κ1) is 17.0. The lowest BCUT2D eigenvalue weighted by molar-refractivity contribution is -0.139. The third-order valence-electron chi connectivity index (χ3n) is 2.69. The Kier molecular flexibility index (Phi) is 6.17. The predicted molar refractivity (Wildman–Crippen MR) is 78.5 cm³/mol. The molecule has 0 saturated carbocycles. The molecule has 116 valence electrons. The van der Waals surface area contributed by atoms with Crippen molar-refractivity contribution in [1.82, 2.24) is 0 Å². The van der Waals surface area contributed by atoms with Crippen LogP contribution in [0.5, 0.6) is 5.75 Å². The van der Waals surface area contributed by atoms with Crippen molar-refractivity contribution in [2.45, 2.75) is 32.8 Å². The molecule has 0 aliphatic heterocycles. The van der Waals surface area contributed by atoms with Crippen LogP contribution < -0.4 is 10.1 Å². The van der Waals surface area contributed by atoms with E-state index in [1.807, 2.05) is 6.92 Å². The Morgan fingerprint density at radius 2 is 1.86 bits per heavy atom. The molecule has 6 heteroatoms. The van der Waals surface area contributed by atoms with Crippen LogP contribution in [0.3, 0.4) is 0 Å². The molecule has 0 atom stereocenters. The zero-order valence-corrected chi connectivity index (χ0v) is 12.5. The van der Waals surface area contributed by atoms with Gasteiger partial charge < -0.3 is 19.9 Å². The zero-order valence-electron chi connectivity index (χ0n) is 12.5. The molecule has 0 bridgehead atoms. The zero-order chi connectivity index (χ0) is 15.9. The average Bonchev–Trinajstić information content (AvgIpc) is 2.44. The summed E-state index contributed by atoms with van der Waals surface area (Å²) >= 11 is 0. The minimum absolute atomic E-state index is 0.241. The smallest absolute Gasteiger partial charge is 0.341 e. The minimum atomic E-state index is -1.04. The average molecular weight is 295 g/mol.